The zero-order chi connectivity index (χ0) is 24.2. The van der Waals surface area contributed by atoms with E-state index in [1.54, 1.807) is 18.6 Å². The number of pyridine rings is 3. The van der Waals surface area contributed by atoms with E-state index in [1.165, 1.54) is 0 Å². The summed E-state index contributed by atoms with van der Waals surface area (Å²) in [5.74, 6) is 1.72. The molecule has 0 atom stereocenters. The average molecular weight is 465 g/mol. The highest BCUT2D eigenvalue weighted by molar-refractivity contribution is 5.71. The molecule has 0 aliphatic carbocycles. The van der Waals surface area contributed by atoms with E-state index in [9.17, 15) is 0 Å². The molecule has 0 N–H and O–H groups in total. The van der Waals surface area contributed by atoms with Crippen LogP contribution in [0.15, 0.2) is 122 Å². The molecule has 6 heteroatoms. The monoisotopic (exact) mass is 464 g/mol. The number of aromatic nitrogens is 6. The number of rotatable bonds is 5. The van der Waals surface area contributed by atoms with Crippen molar-refractivity contribution in [1.29, 1.82) is 0 Å². The molecule has 2 aromatic carbocycles. The molecule has 0 spiro atoms. The quantitative estimate of drug-likeness (QED) is 0.294. The van der Waals surface area contributed by atoms with Gasteiger partial charge in [0, 0.05) is 42.1 Å². The Balaban J connectivity index is 1.41. The zero-order valence-corrected chi connectivity index (χ0v) is 19.2. The molecular weight excluding hydrogens is 444 g/mol. The fraction of sp³-hybridized carbons (Fsp3) is 0. The third kappa shape index (κ3) is 4.48. The van der Waals surface area contributed by atoms with Crippen LogP contribution in [0.25, 0.3) is 56.5 Å². The van der Waals surface area contributed by atoms with E-state index >= 15 is 0 Å². The van der Waals surface area contributed by atoms with Crippen LogP contribution in [0.3, 0.4) is 0 Å². The van der Waals surface area contributed by atoms with Crippen LogP contribution in [0.5, 0.6) is 0 Å². The molecule has 0 saturated carbocycles. The predicted octanol–water partition coefficient (Wildman–Crippen LogP) is 6.39. The number of hydrogen-bond acceptors (Lipinski definition) is 6. The summed E-state index contributed by atoms with van der Waals surface area (Å²) in [5, 5.41) is 0. The summed E-state index contributed by atoms with van der Waals surface area (Å²) in [6, 6.07) is 30.0. The number of hydrogen-bond donors (Lipinski definition) is 0. The van der Waals surface area contributed by atoms with E-state index in [-0.39, 0.29) is 0 Å². The van der Waals surface area contributed by atoms with Crippen LogP contribution in [0.4, 0.5) is 0 Å². The van der Waals surface area contributed by atoms with Gasteiger partial charge in [0.05, 0.1) is 0 Å². The van der Waals surface area contributed by atoms with E-state index in [4.69, 9.17) is 15.0 Å². The van der Waals surface area contributed by atoms with Crippen LogP contribution in [-0.2, 0) is 0 Å². The lowest BCUT2D eigenvalue weighted by Crippen LogP contribution is -2.01. The molecule has 0 aliphatic heterocycles. The largest absolute Gasteiger partial charge is 0.264 e. The Morgan fingerprint density at radius 1 is 0.361 bits per heavy atom. The van der Waals surface area contributed by atoms with Crippen molar-refractivity contribution in [3.63, 3.8) is 0 Å². The van der Waals surface area contributed by atoms with Gasteiger partial charge in [-0.3, -0.25) is 15.0 Å². The smallest absolute Gasteiger partial charge is 0.182 e. The molecule has 0 bridgehead atoms. The van der Waals surface area contributed by atoms with Crippen molar-refractivity contribution in [2.24, 2.45) is 0 Å². The second-order valence-electron chi connectivity index (χ2n) is 8.16. The highest BCUT2D eigenvalue weighted by atomic mass is 15.0. The molecule has 36 heavy (non-hydrogen) atoms. The molecule has 0 amide bonds. The van der Waals surface area contributed by atoms with Crippen molar-refractivity contribution in [1.82, 2.24) is 29.9 Å². The van der Waals surface area contributed by atoms with Crippen LogP contribution in [0, 0.1) is 0 Å². The Labute approximate surface area is 208 Å². The minimum Gasteiger partial charge on any atom is -0.264 e. The zero-order valence-electron chi connectivity index (χ0n) is 19.2. The van der Waals surface area contributed by atoms with Gasteiger partial charge in [-0.1, -0.05) is 66.7 Å². The van der Waals surface area contributed by atoms with Crippen molar-refractivity contribution in [2.75, 3.05) is 0 Å². The van der Waals surface area contributed by atoms with Gasteiger partial charge in [0.2, 0.25) is 0 Å². The van der Waals surface area contributed by atoms with E-state index in [0.717, 1.165) is 33.4 Å². The molecule has 4 heterocycles. The first kappa shape index (κ1) is 21.4. The normalized spacial score (nSPS) is 10.8. The molecule has 0 unspecified atom stereocenters. The molecule has 6 rings (SSSR count). The standard InChI is InChI=1S/C30H20N6/c1-2-18-33-27(7-1)30-35-28(23-12-8-21(9-13-23)25-5-3-16-31-19-25)34-29(36-30)24-14-10-22(11-15-24)26-6-4-17-32-20-26/h1-20H. The minimum absolute atomic E-state index is 0.531. The molecule has 6 nitrogen and oxygen atoms in total. The molecule has 4 aromatic heterocycles. The second kappa shape index (κ2) is 9.64. The SMILES string of the molecule is c1ccc(-c2nc(-c3ccc(-c4cccnc4)cc3)nc(-c3ccc(-c4cccnc4)cc3)n2)nc1. The maximum Gasteiger partial charge on any atom is 0.182 e. The van der Waals surface area contributed by atoms with E-state index in [0.29, 0.717) is 23.2 Å². The van der Waals surface area contributed by atoms with Gasteiger partial charge in [-0.15, -0.1) is 0 Å². The van der Waals surface area contributed by atoms with Gasteiger partial charge in [0.1, 0.15) is 5.69 Å². The summed E-state index contributed by atoms with van der Waals surface area (Å²) in [7, 11) is 0. The van der Waals surface area contributed by atoms with Gasteiger partial charge in [-0.25, -0.2) is 15.0 Å². The van der Waals surface area contributed by atoms with E-state index in [2.05, 4.69) is 39.2 Å². The Bertz CT molecular complexity index is 1480. The first-order valence-electron chi connectivity index (χ1n) is 11.5. The maximum absolute atomic E-state index is 4.83. The van der Waals surface area contributed by atoms with Gasteiger partial charge in [-0.2, -0.15) is 0 Å². The third-order valence-corrected chi connectivity index (χ3v) is 5.81. The second-order valence-corrected chi connectivity index (χ2v) is 8.16. The van der Waals surface area contributed by atoms with Crippen LogP contribution < -0.4 is 0 Å². The summed E-state index contributed by atoms with van der Waals surface area (Å²) in [6.07, 6.45) is 8.98. The van der Waals surface area contributed by atoms with Crippen molar-refractivity contribution in [3.05, 3.63) is 122 Å². The lowest BCUT2D eigenvalue weighted by atomic mass is 10.0. The Morgan fingerprint density at radius 2 is 0.861 bits per heavy atom. The number of benzene rings is 2. The fourth-order valence-electron chi connectivity index (χ4n) is 3.93. The van der Waals surface area contributed by atoms with E-state index < -0.39 is 0 Å². The van der Waals surface area contributed by atoms with Crippen LogP contribution in [0.2, 0.25) is 0 Å². The molecule has 0 fully saturated rings. The van der Waals surface area contributed by atoms with Crippen molar-refractivity contribution < 1.29 is 0 Å². The van der Waals surface area contributed by atoms with Crippen LogP contribution in [0.1, 0.15) is 0 Å². The molecule has 0 radical (unpaired) electrons. The maximum atomic E-state index is 4.83. The summed E-state index contributed by atoms with van der Waals surface area (Å²) >= 11 is 0. The van der Waals surface area contributed by atoms with Gasteiger partial charge < -0.3 is 0 Å². The average Bonchev–Trinajstić information content (AvgIpc) is 2.98. The van der Waals surface area contributed by atoms with Crippen molar-refractivity contribution >= 4 is 0 Å². The molecule has 6 aromatic rings. The molecule has 170 valence electrons. The molecular formula is C30H20N6. The third-order valence-electron chi connectivity index (χ3n) is 5.81. The summed E-state index contributed by atoms with van der Waals surface area (Å²) in [4.78, 5) is 27.2. The highest BCUT2D eigenvalue weighted by Crippen LogP contribution is 2.27. The number of nitrogens with zero attached hydrogens (tertiary/aromatic N) is 6. The summed E-state index contributed by atoms with van der Waals surface area (Å²) < 4.78 is 0. The van der Waals surface area contributed by atoms with Crippen LogP contribution >= 0.6 is 0 Å². The van der Waals surface area contributed by atoms with Gasteiger partial charge >= 0.3 is 0 Å². The first-order chi connectivity index (χ1) is 17.8. The van der Waals surface area contributed by atoms with Crippen molar-refractivity contribution in [3.8, 4) is 56.5 Å². The first-order valence-corrected chi connectivity index (χ1v) is 11.5. The predicted molar refractivity (Wildman–Crippen MR) is 140 cm³/mol. The van der Waals surface area contributed by atoms with Crippen LogP contribution in [-0.4, -0.2) is 29.9 Å². The fourth-order valence-corrected chi connectivity index (χ4v) is 3.93. The van der Waals surface area contributed by atoms with Gasteiger partial charge in [0.15, 0.2) is 17.5 Å². The minimum atomic E-state index is 0.531. The molecule has 0 saturated heterocycles. The Kier molecular flexibility index (Phi) is 5.74. The van der Waals surface area contributed by atoms with Crippen molar-refractivity contribution in [2.45, 2.75) is 0 Å². The van der Waals surface area contributed by atoms with Gasteiger partial charge in [0.25, 0.3) is 0 Å². The van der Waals surface area contributed by atoms with E-state index in [1.807, 2.05) is 79.1 Å². The lowest BCUT2D eigenvalue weighted by Gasteiger charge is -2.09. The molecule has 0 aliphatic rings. The summed E-state index contributed by atoms with van der Waals surface area (Å²) in [5.41, 5.74) is 6.77. The summed E-state index contributed by atoms with van der Waals surface area (Å²) in [6.45, 7) is 0. The topological polar surface area (TPSA) is 77.3 Å². The highest BCUT2D eigenvalue weighted by Gasteiger charge is 2.13. The lowest BCUT2D eigenvalue weighted by molar-refractivity contribution is 1.06. The Morgan fingerprint density at radius 3 is 1.31 bits per heavy atom. The Hall–Kier alpha value is -5.10. The van der Waals surface area contributed by atoms with Gasteiger partial charge in [-0.05, 0) is 46.5 Å².